The normalized spacial score (nSPS) is 18.2. The smallest absolute Gasteiger partial charge is 0.331 e. The van der Waals surface area contributed by atoms with Crippen LogP contribution in [0.5, 0.6) is 0 Å². The number of rotatable bonds is 1. The summed E-state index contributed by atoms with van der Waals surface area (Å²) in [5.41, 5.74) is -0.632. The minimum Gasteiger partial charge on any atom is -0.331 e. The number of hydrogen-bond donors (Lipinski definition) is 0. The molecule has 1 saturated heterocycles. The van der Waals surface area contributed by atoms with E-state index in [1.165, 1.54) is 4.90 Å². The molecule has 0 saturated carbocycles. The van der Waals surface area contributed by atoms with Gasteiger partial charge in [0.05, 0.1) is 6.54 Å². The summed E-state index contributed by atoms with van der Waals surface area (Å²) in [6, 6.07) is 0. The van der Waals surface area contributed by atoms with Crippen LogP contribution < -0.4 is 0 Å². The summed E-state index contributed by atoms with van der Waals surface area (Å²) >= 11 is 0. The molecule has 1 heterocycles. The first-order valence-corrected chi connectivity index (χ1v) is 5.64. The summed E-state index contributed by atoms with van der Waals surface area (Å²) in [6.45, 7) is 3.69. The van der Waals surface area contributed by atoms with E-state index in [4.69, 9.17) is 0 Å². The second kappa shape index (κ2) is 4.78. The molecule has 4 nitrogen and oxygen atoms in total. The van der Waals surface area contributed by atoms with Gasteiger partial charge in [-0.2, -0.15) is 13.2 Å². The van der Waals surface area contributed by atoms with Crippen molar-refractivity contribution in [3.8, 4) is 0 Å². The van der Waals surface area contributed by atoms with Crippen molar-refractivity contribution in [3.63, 3.8) is 0 Å². The number of alkyl halides is 3. The van der Waals surface area contributed by atoms with Crippen molar-refractivity contribution in [2.45, 2.75) is 26.9 Å². The van der Waals surface area contributed by atoms with Crippen molar-refractivity contribution in [2.75, 3.05) is 26.2 Å². The molecule has 0 aromatic heterocycles. The zero-order chi connectivity index (χ0) is 14.1. The fraction of sp³-hybridized carbons (Fsp3) is 0.818. The maximum Gasteiger partial charge on any atom is 0.406 e. The second-order valence-corrected chi connectivity index (χ2v) is 5.41. The van der Waals surface area contributed by atoms with Crippen LogP contribution in [0.4, 0.5) is 13.2 Å². The Hall–Kier alpha value is -1.27. The van der Waals surface area contributed by atoms with E-state index in [1.54, 1.807) is 20.8 Å². The molecule has 0 spiro atoms. The molecular weight excluding hydrogens is 249 g/mol. The van der Waals surface area contributed by atoms with Crippen LogP contribution in [-0.2, 0) is 9.59 Å². The van der Waals surface area contributed by atoms with E-state index in [-0.39, 0.29) is 25.5 Å². The van der Waals surface area contributed by atoms with Gasteiger partial charge in [0.2, 0.25) is 11.8 Å². The van der Waals surface area contributed by atoms with Crippen molar-refractivity contribution in [3.05, 3.63) is 0 Å². The molecule has 0 aliphatic carbocycles. The number of hydrogen-bond acceptors (Lipinski definition) is 2. The maximum atomic E-state index is 12.2. The third kappa shape index (κ3) is 3.89. The lowest BCUT2D eigenvalue weighted by Crippen LogP contribution is -2.56. The number of piperazine rings is 1. The molecular formula is C11H17F3N2O2. The largest absolute Gasteiger partial charge is 0.406 e. The van der Waals surface area contributed by atoms with Gasteiger partial charge < -0.3 is 9.80 Å². The quantitative estimate of drug-likeness (QED) is 0.717. The van der Waals surface area contributed by atoms with Crippen molar-refractivity contribution in [2.24, 2.45) is 5.41 Å². The molecule has 1 fully saturated rings. The van der Waals surface area contributed by atoms with E-state index in [2.05, 4.69) is 0 Å². The fourth-order valence-electron chi connectivity index (χ4n) is 1.74. The highest BCUT2D eigenvalue weighted by Gasteiger charge is 2.38. The minimum atomic E-state index is -4.40. The summed E-state index contributed by atoms with van der Waals surface area (Å²) in [5, 5.41) is 0. The van der Waals surface area contributed by atoms with Crippen LogP contribution in [0, 0.1) is 5.41 Å². The lowest BCUT2D eigenvalue weighted by molar-refractivity contribution is -0.168. The molecule has 0 N–H and O–H groups in total. The van der Waals surface area contributed by atoms with Crippen LogP contribution in [0.3, 0.4) is 0 Å². The maximum absolute atomic E-state index is 12.2. The Balaban J connectivity index is 2.62. The standard InChI is InChI=1S/C11H17F3N2O2/c1-10(2,3)9(18)15-4-5-16(8(17)6-15)7-11(12,13)14/h4-7H2,1-3H3. The van der Waals surface area contributed by atoms with E-state index >= 15 is 0 Å². The molecule has 0 atom stereocenters. The van der Waals surface area contributed by atoms with Gasteiger partial charge in [0.15, 0.2) is 0 Å². The van der Waals surface area contributed by atoms with Gasteiger partial charge in [-0.25, -0.2) is 0 Å². The van der Waals surface area contributed by atoms with Gasteiger partial charge >= 0.3 is 6.18 Å². The highest BCUT2D eigenvalue weighted by molar-refractivity contribution is 5.88. The van der Waals surface area contributed by atoms with Gasteiger partial charge in [-0.1, -0.05) is 20.8 Å². The van der Waals surface area contributed by atoms with Crippen LogP contribution in [0.1, 0.15) is 20.8 Å². The van der Waals surface area contributed by atoms with Gasteiger partial charge in [0, 0.05) is 18.5 Å². The molecule has 1 rings (SSSR count). The molecule has 7 heteroatoms. The highest BCUT2D eigenvalue weighted by atomic mass is 19.4. The molecule has 18 heavy (non-hydrogen) atoms. The van der Waals surface area contributed by atoms with Crippen LogP contribution in [0.15, 0.2) is 0 Å². The Bertz CT molecular complexity index is 347. The highest BCUT2D eigenvalue weighted by Crippen LogP contribution is 2.21. The third-order valence-electron chi connectivity index (χ3n) is 2.62. The number of amides is 2. The topological polar surface area (TPSA) is 40.6 Å². The Morgan fingerprint density at radius 2 is 1.78 bits per heavy atom. The zero-order valence-electron chi connectivity index (χ0n) is 10.7. The van der Waals surface area contributed by atoms with Crippen molar-refractivity contribution >= 4 is 11.8 Å². The van der Waals surface area contributed by atoms with Gasteiger partial charge in [0.1, 0.15) is 6.54 Å². The van der Waals surface area contributed by atoms with E-state index in [0.29, 0.717) is 0 Å². The van der Waals surface area contributed by atoms with Crippen LogP contribution in [0.2, 0.25) is 0 Å². The number of carbonyl (C=O) groups excluding carboxylic acids is 2. The van der Waals surface area contributed by atoms with Gasteiger partial charge in [-0.15, -0.1) is 0 Å². The molecule has 0 bridgehead atoms. The zero-order valence-corrected chi connectivity index (χ0v) is 10.7. The molecule has 0 unspecified atom stereocenters. The Morgan fingerprint density at radius 1 is 1.22 bits per heavy atom. The summed E-state index contributed by atoms with van der Waals surface area (Å²) in [6.07, 6.45) is -4.40. The van der Waals surface area contributed by atoms with Gasteiger partial charge in [0.25, 0.3) is 0 Å². The first kappa shape index (κ1) is 14.8. The molecule has 104 valence electrons. The van der Waals surface area contributed by atoms with Crippen molar-refractivity contribution in [1.29, 1.82) is 0 Å². The summed E-state index contributed by atoms with van der Waals surface area (Å²) in [7, 11) is 0. The second-order valence-electron chi connectivity index (χ2n) is 5.41. The molecule has 0 radical (unpaired) electrons. The molecule has 1 aliphatic rings. The Labute approximate surface area is 104 Å². The number of carbonyl (C=O) groups is 2. The van der Waals surface area contributed by atoms with E-state index in [9.17, 15) is 22.8 Å². The SMILES string of the molecule is CC(C)(C)C(=O)N1CCN(CC(F)(F)F)C(=O)C1. The third-order valence-corrected chi connectivity index (χ3v) is 2.62. The van der Waals surface area contributed by atoms with E-state index in [1.807, 2.05) is 0 Å². The average molecular weight is 266 g/mol. The first-order chi connectivity index (χ1) is 8.00. The predicted octanol–water partition coefficient (Wildman–Crippen LogP) is 1.27. The molecule has 0 aromatic rings. The van der Waals surface area contributed by atoms with E-state index in [0.717, 1.165) is 4.90 Å². The van der Waals surface area contributed by atoms with Gasteiger partial charge in [-0.05, 0) is 0 Å². The summed E-state index contributed by atoms with van der Waals surface area (Å²) < 4.78 is 36.6. The van der Waals surface area contributed by atoms with E-state index < -0.39 is 24.0 Å². The number of nitrogens with zero attached hydrogens (tertiary/aromatic N) is 2. The molecule has 2 amide bonds. The predicted molar refractivity (Wildman–Crippen MR) is 58.7 cm³/mol. The lowest BCUT2D eigenvalue weighted by atomic mass is 9.94. The van der Waals surface area contributed by atoms with Crippen LogP contribution in [0.25, 0.3) is 0 Å². The monoisotopic (exact) mass is 266 g/mol. The first-order valence-electron chi connectivity index (χ1n) is 5.64. The fourth-order valence-corrected chi connectivity index (χ4v) is 1.74. The number of halogens is 3. The van der Waals surface area contributed by atoms with Crippen LogP contribution >= 0.6 is 0 Å². The minimum absolute atomic E-state index is 0.0693. The average Bonchev–Trinajstić information content (AvgIpc) is 2.16. The summed E-state index contributed by atoms with van der Waals surface area (Å²) in [5.74, 6) is -0.876. The Kier molecular flexibility index (Phi) is 3.92. The molecule has 0 aromatic carbocycles. The lowest BCUT2D eigenvalue weighted by Gasteiger charge is -2.37. The van der Waals surface area contributed by atoms with Crippen molar-refractivity contribution in [1.82, 2.24) is 9.80 Å². The Morgan fingerprint density at radius 3 is 2.17 bits per heavy atom. The van der Waals surface area contributed by atoms with Crippen LogP contribution in [-0.4, -0.2) is 54.0 Å². The van der Waals surface area contributed by atoms with Crippen molar-refractivity contribution < 1.29 is 22.8 Å². The molecule has 1 aliphatic heterocycles. The van der Waals surface area contributed by atoms with Gasteiger partial charge in [-0.3, -0.25) is 9.59 Å². The summed E-state index contributed by atoms with van der Waals surface area (Å²) in [4.78, 5) is 25.5.